The summed E-state index contributed by atoms with van der Waals surface area (Å²) in [6.07, 6.45) is -0.459. The molecule has 4 atom stereocenters. The van der Waals surface area contributed by atoms with Crippen molar-refractivity contribution in [2.75, 3.05) is 6.61 Å². The standard InChI is InChI=1S/C16H18N2O5Se/c1-9-7-18(15(22)17-14(9)21)16(24)12(10-5-3-2-4-6-10)13(20)11(8-19)23-16/h2-7,11-13,19-20,24H,8H2,1H3,(H,17,21,22)/t11-,12?,13-,16+/m1/s1. The zero-order valence-corrected chi connectivity index (χ0v) is 14.8. The molecular formula is C16H18N2O5Se. The number of nitrogens with zero attached hydrogens (tertiary/aromatic N) is 1. The van der Waals surface area contributed by atoms with Gasteiger partial charge in [0, 0.05) is 0 Å². The molecular weight excluding hydrogens is 379 g/mol. The van der Waals surface area contributed by atoms with E-state index in [1.807, 2.05) is 30.3 Å². The number of aliphatic hydroxyl groups is 2. The van der Waals surface area contributed by atoms with Gasteiger partial charge >= 0.3 is 145 Å². The van der Waals surface area contributed by atoms with E-state index in [2.05, 4.69) is 21.0 Å². The molecule has 1 saturated heterocycles. The Morgan fingerprint density at radius 2 is 2.00 bits per heavy atom. The number of aromatic nitrogens is 2. The summed E-state index contributed by atoms with van der Waals surface area (Å²) >= 11 is 2.26. The van der Waals surface area contributed by atoms with Gasteiger partial charge in [-0.1, -0.05) is 0 Å². The van der Waals surface area contributed by atoms with Crippen molar-refractivity contribution in [2.24, 2.45) is 0 Å². The number of rotatable bonds is 3. The zero-order valence-electron chi connectivity index (χ0n) is 12.9. The minimum atomic E-state index is -1.31. The van der Waals surface area contributed by atoms with Crippen molar-refractivity contribution in [2.45, 2.75) is 29.7 Å². The number of hydrogen-bond acceptors (Lipinski definition) is 5. The number of hydrogen-bond donors (Lipinski definition) is 3. The maximum absolute atomic E-state index is 12.3. The van der Waals surface area contributed by atoms with Gasteiger partial charge in [0.1, 0.15) is 0 Å². The van der Waals surface area contributed by atoms with Crippen LogP contribution in [0.15, 0.2) is 46.1 Å². The van der Waals surface area contributed by atoms with E-state index in [9.17, 15) is 19.8 Å². The number of H-pyrrole nitrogens is 1. The van der Waals surface area contributed by atoms with Crippen molar-refractivity contribution >= 4 is 16.0 Å². The number of nitrogens with one attached hydrogen (secondary N) is 1. The molecule has 0 saturated carbocycles. The van der Waals surface area contributed by atoms with E-state index < -0.39 is 34.0 Å². The molecule has 1 aliphatic rings. The van der Waals surface area contributed by atoms with Crippen molar-refractivity contribution in [1.82, 2.24) is 9.55 Å². The second kappa shape index (κ2) is 6.31. The van der Waals surface area contributed by atoms with E-state index in [1.54, 1.807) is 6.92 Å². The van der Waals surface area contributed by atoms with E-state index >= 15 is 0 Å². The van der Waals surface area contributed by atoms with Gasteiger partial charge in [-0.25, -0.2) is 0 Å². The van der Waals surface area contributed by atoms with Gasteiger partial charge in [-0.15, -0.1) is 0 Å². The summed E-state index contributed by atoms with van der Waals surface area (Å²) in [6.45, 7) is 1.19. The molecule has 24 heavy (non-hydrogen) atoms. The summed E-state index contributed by atoms with van der Waals surface area (Å²) in [7, 11) is 0. The van der Waals surface area contributed by atoms with Gasteiger partial charge in [-0.3, -0.25) is 0 Å². The van der Waals surface area contributed by atoms with Crippen LogP contribution in [0.4, 0.5) is 0 Å². The first-order valence-corrected chi connectivity index (χ1v) is 8.39. The molecule has 3 rings (SSSR count). The fraction of sp³-hybridized carbons (Fsp3) is 0.375. The molecule has 8 heteroatoms. The predicted molar refractivity (Wildman–Crippen MR) is 88.3 cm³/mol. The van der Waals surface area contributed by atoms with Gasteiger partial charge in [0.15, 0.2) is 0 Å². The van der Waals surface area contributed by atoms with Crippen LogP contribution < -0.4 is 11.2 Å². The van der Waals surface area contributed by atoms with Crippen LogP contribution in [-0.4, -0.2) is 54.6 Å². The Balaban J connectivity index is 2.20. The number of aliphatic hydroxyl groups excluding tert-OH is 2. The Hall–Kier alpha value is -1.70. The Morgan fingerprint density at radius 1 is 1.33 bits per heavy atom. The predicted octanol–water partition coefficient (Wildman–Crippen LogP) is -1.11. The van der Waals surface area contributed by atoms with E-state index in [4.69, 9.17) is 4.74 Å². The summed E-state index contributed by atoms with van der Waals surface area (Å²) < 4.78 is 5.79. The van der Waals surface area contributed by atoms with Crippen molar-refractivity contribution in [3.05, 3.63) is 68.5 Å². The van der Waals surface area contributed by atoms with Crippen molar-refractivity contribution < 1.29 is 14.9 Å². The van der Waals surface area contributed by atoms with E-state index in [1.165, 1.54) is 10.8 Å². The molecule has 0 amide bonds. The molecule has 0 spiro atoms. The van der Waals surface area contributed by atoms with Crippen LogP contribution in [0.3, 0.4) is 0 Å². The average Bonchev–Trinajstić information content (AvgIpc) is 2.83. The first-order valence-electron chi connectivity index (χ1n) is 7.45. The normalized spacial score (nSPS) is 29.8. The fourth-order valence-electron chi connectivity index (χ4n) is 3.03. The maximum atomic E-state index is 12.3. The van der Waals surface area contributed by atoms with Crippen LogP contribution in [0.5, 0.6) is 0 Å². The first-order chi connectivity index (χ1) is 11.4. The summed E-state index contributed by atoms with van der Waals surface area (Å²) in [4.78, 5) is 26.2. The molecule has 0 radical (unpaired) electrons. The molecule has 128 valence electrons. The molecule has 1 aromatic carbocycles. The van der Waals surface area contributed by atoms with Crippen molar-refractivity contribution in [3.8, 4) is 0 Å². The third-order valence-electron chi connectivity index (χ3n) is 4.26. The summed E-state index contributed by atoms with van der Waals surface area (Å²) in [6, 6.07) is 9.13. The minimum absolute atomic E-state index is 0.345. The van der Waals surface area contributed by atoms with E-state index in [0.717, 1.165) is 5.56 Å². The molecule has 2 heterocycles. The second-order valence-corrected chi connectivity index (χ2v) is 7.16. The van der Waals surface area contributed by atoms with Crippen LogP contribution in [0, 0.1) is 6.92 Å². The summed E-state index contributed by atoms with van der Waals surface area (Å²) in [5.74, 6) is -0.612. The van der Waals surface area contributed by atoms with Crippen molar-refractivity contribution in [1.29, 1.82) is 0 Å². The number of benzene rings is 1. The van der Waals surface area contributed by atoms with Crippen LogP contribution in [0.1, 0.15) is 17.0 Å². The summed E-state index contributed by atoms with van der Waals surface area (Å²) in [5, 5.41) is 20.1. The van der Waals surface area contributed by atoms with Gasteiger partial charge in [0.2, 0.25) is 0 Å². The quantitative estimate of drug-likeness (QED) is 0.570. The molecule has 3 N–H and O–H groups in total. The van der Waals surface area contributed by atoms with Gasteiger partial charge in [0.25, 0.3) is 0 Å². The SMILES string of the molecule is Cc1cn([C@]2([SeH])O[C@H](CO)[C@@H](O)C2c2ccccc2)c(=O)[nH]c1=O. The van der Waals surface area contributed by atoms with Gasteiger partial charge in [0.05, 0.1) is 0 Å². The fourth-order valence-corrected chi connectivity index (χ4v) is 4.26. The molecule has 1 unspecified atom stereocenters. The Morgan fingerprint density at radius 3 is 2.62 bits per heavy atom. The Kier molecular flexibility index (Phi) is 4.50. The third kappa shape index (κ3) is 2.66. The molecule has 1 aliphatic heterocycles. The Bertz CT molecular complexity index is 850. The van der Waals surface area contributed by atoms with Crippen LogP contribution in [0.25, 0.3) is 0 Å². The van der Waals surface area contributed by atoms with Gasteiger partial charge in [-0.2, -0.15) is 0 Å². The topological polar surface area (TPSA) is 105 Å². The van der Waals surface area contributed by atoms with E-state index in [0.29, 0.717) is 5.56 Å². The molecule has 1 fully saturated rings. The molecule has 7 nitrogen and oxygen atoms in total. The first kappa shape index (κ1) is 17.1. The third-order valence-corrected chi connectivity index (χ3v) is 5.51. The van der Waals surface area contributed by atoms with Gasteiger partial charge < -0.3 is 0 Å². The number of aryl methyl sites for hydroxylation is 1. The van der Waals surface area contributed by atoms with Crippen LogP contribution in [-0.2, 0) is 9.36 Å². The number of aromatic amines is 1. The second-order valence-electron chi connectivity index (χ2n) is 5.82. The molecule has 0 bridgehead atoms. The zero-order chi connectivity index (χ0) is 17.5. The van der Waals surface area contributed by atoms with Crippen molar-refractivity contribution in [3.63, 3.8) is 0 Å². The monoisotopic (exact) mass is 398 g/mol. The molecule has 0 aliphatic carbocycles. The van der Waals surface area contributed by atoms with E-state index in [-0.39, 0.29) is 6.61 Å². The Labute approximate surface area is 145 Å². The molecule has 1 aromatic heterocycles. The molecule has 2 aromatic rings. The van der Waals surface area contributed by atoms with Crippen LogP contribution in [0.2, 0.25) is 0 Å². The average molecular weight is 397 g/mol. The van der Waals surface area contributed by atoms with Gasteiger partial charge in [-0.05, 0) is 0 Å². The summed E-state index contributed by atoms with van der Waals surface area (Å²) in [5.41, 5.74) is -0.00601. The van der Waals surface area contributed by atoms with Crippen LogP contribution >= 0.6 is 0 Å². The number of ether oxygens (including phenoxy) is 1.